The lowest BCUT2D eigenvalue weighted by Crippen LogP contribution is -2.22. The van der Waals surface area contributed by atoms with Crippen LogP contribution in [0.3, 0.4) is 0 Å². The van der Waals surface area contributed by atoms with Gasteiger partial charge in [-0.25, -0.2) is 0 Å². The fraction of sp³-hybridized carbons (Fsp3) is 0.250. The summed E-state index contributed by atoms with van der Waals surface area (Å²) in [5.41, 5.74) is 3.16. The summed E-state index contributed by atoms with van der Waals surface area (Å²) >= 11 is 1.23. The topological polar surface area (TPSA) is 87.3 Å². The molecule has 0 aromatic heterocycles. The average molecular weight is 385 g/mol. The van der Waals surface area contributed by atoms with Crippen molar-refractivity contribution in [2.45, 2.75) is 13.3 Å². The molecule has 0 fully saturated rings. The second-order valence-electron chi connectivity index (χ2n) is 5.97. The van der Waals surface area contributed by atoms with E-state index in [0.29, 0.717) is 5.69 Å². The van der Waals surface area contributed by atoms with Gasteiger partial charge in [-0.05, 0) is 36.2 Å². The molecule has 6 nitrogen and oxygen atoms in total. The van der Waals surface area contributed by atoms with Crippen LogP contribution in [0.2, 0.25) is 0 Å². The number of para-hydroxylation sites is 1. The first-order valence-corrected chi connectivity index (χ1v) is 9.66. The molecule has 0 bridgehead atoms. The normalized spacial score (nSPS) is 10.1. The van der Waals surface area contributed by atoms with Gasteiger partial charge in [0.05, 0.1) is 17.9 Å². The third-order valence-corrected chi connectivity index (χ3v) is 4.62. The van der Waals surface area contributed by atoms with E-state index in [0.717, 1.165) is 16.8 Å². The Hall–Kier alpha value is -2.80. The molecule has 2 aromatic rings. The Morgan fingerprint density at radius 3 is 2.30 bits per heavy atom. The van der Waals surface area contributed by atoms with Gasteiger partial charge < -0.3 is 16.0 Å². The molecule has 7 heteroatoms. The van der Waals surface area contributed by atoms with E-state index in [2.05, 4.69) is 16.0 Å². The summed E-state index contributed by atoms with van der Waals surface area (Å²) in [5, 5.41) is 8.17. The number of anilines is 2. The highest BCUT2D eigenvalue weighted by Crippen LogP contribution is 2.16. The summed E-state index contributed by atoms with van der Waals surface area (Å²) in [4.78, 5) is 35.7. The maximum Gasteiger partial charge on any atom is 0.234 e. The molecule has 0 aliphatic carbocycles. The summed E-state index contributed by atoms with van der Waals surface area (Å²) in [5.74, 6) is -0.165. The van der Waals surface area contributed by atoms with Crippen LogP contribution in [0.15, 0.2) is 48.5 Å². The number of carbonyl (C=O) groups is 3. The predicted octanol–water partition coefficient (Wildman–Crippen LogP) is 2.59. The van der Waals surface area contributed by atoms with Gasteiger partial charge in [0, 0.05) is 18.4 Å². The summed E-state index contributed by atoms with van der Waals surface area (Å²) in [6.07, 6.45) is 0.193. The standard InChI is InChI=1S/C20H23N3O3S/c1-14-6-5-8-16(10-14)22-19(25)12-27-13-20(26)23-17-9-4-3-7-15(17)11-18(24)21-2/h3-10H,11-13H2,1-2H3,(H,21,24)(H,22,25)(H,23,26). The van der Waals surface area contributed by atoms with Gasteiger partial charge in [0.25, 0.3) is 0 Å². The third kappa shape index (κ3) is 7.15. The number of amides is 3. The van der Waals surface area contributed by atoms with Crippen LogP contribution in [0, 0.1) is 6.92 Å². The van der Waals surface area contributed by atoms with Gasteiger partial charge in [-0.3, -0.25) is 14.4 Å². The van der Waals surface area contributed by atoms with E-state index in [9.17, 15) is 14.4 Å². The van der Waals surface area contributed by atoms with Gasteiger partial charge in [0.15, 0.2) is 0 Å². The Balaban J connectivity index is 1.79. The van der Waals surface area contributed by atoms with Gasteiger partial charge in [-0.2, -0.15) is 0 Å². The highest BCUT2D eigenvalue weighted by atomic mass is 32.2. The molecule has 3 N–H and O–H groups in total. The number of thioether (sulfide) groups is 1. The quantitative estimate of drug-likeness (QED) is 0.652. The van der Waals surface area contributed by atoms with Crippen molar-refractivity contribution in [2.24, 2.45) is 0 Å². The maximum absolute atomic E-state index is 12.1. The van der Waals surface area contributed by atoms with Crippen LogP contribution in [0.5, 0.6) is 0 Å². The Morgan fingerprint density at radius 2 is 1.59 bits per heavy atom. The molecular formula is C20H23N3O3S. The molecule has 0 aliphatic rings. The molecular weight excluding hydrogens is 362 g/mol. The lowest BCUT2D eigenvalue weighted by molar-refractivity contribution is -0.120. The van der Waals surface area contributed by atoms with Crippen molar-refractivity contribution < 1.29 is 14.4 Å². The minimum Gasteiger partial charge on any atom is -0.359 e. The molecule has 0 heterocycles. The zero-order chi connectivity index (χ0) is 19.6. The smallest absolute Gasteiger partial charge is 0.234 e. The van der Waals surface area contributed by atoms with Crippen molar-refractivity contribution >= 4 is 40.9 Å². The monoisotopic (exact) mass is 385 g/mol. The Kier molecular flexibility index (Phi) is 7.88. The number of rotatable bonds is 8. The van der Waals surface area contributed by atoms with Crippen LogP contribution in [0.1, 0.15) is 11.1 Å². The first-order chi connectivity index (χ1) is 13.0. The van der Waals surface area contributed by atoms with E-state index in [-0.39, 0.29) is 35.6 Å². The van der Waals surface area contributed by atoms with E-state index in [1.54, 1.807) is 25.2 Å². The molecule has 0 saturated heterocycles. The van der Waals surface area contributed by atoms with Crippen molar-refractivity contribution in [1.82, 2.24) is 5.32 Å². The van der Waals surface area contributed by atoms with Gasteiger partial charge in [-0.1, -0.05) is 30.3 Å². The highest BCUT2D eigenvalue weighted by molar-refractivity contribution is 8.00. The largest absolute Gasteiger partial charge is 0.359 e. The van der Waals surface area contributed by atoms with E-state index in [4.69, 9.17) is 0 Å². The van der Waals surface area contributed by atoms with E-state index in [1.165, 1.54) is 11.8 Å². The zero-order valence-corrected chi connectivity index (χ0v) is 16.2. The molecule has 0 unspecified atom stereocenters. The zero-order valence-electron chi connectivity index (χ0n) is 15.4. The van der Waals surface area contributed by atoms with E-state index >= 15 is 0 Å². The molecule has 0 spiro atoms. The SMILES string of the molecule is CNC(=O)Cc1ccccc1NC(=O)CSCC(=O)Nc1cccc(C)c1. The second-order valence-corrected chi connectivity index (χ2v) is 6.95. The second kappa shape index (κ2) is 10.4. The minimum atomic E-state index is -0.215. The number of aryl methyl sites for hydroxylation is 1. The van der Waals surface area contributed by atoms with Gasteiger partial charge >= 0.3 is 0 Å². The molecule has 0 radical (unpaired) electrons. The van der Waals surface area contributed by atoms with Crippen LogP contribution in [0.25, 0.3) is 0 Å². The minimum absolute atomic E-state index is 0.126. The van der Waals surface area contributed by atoms with Crippen LogP contribution < -0.4 is 16.0 Å². The molecule has 2 aromatic carbocycles. The molecule has 142 valence electrons. The molecule has 0 saturated carbocycles. The number of hydrogen-bond acceptors (Lipinski definition) is 4. The van der Waals surface area contributed by atoms with Gasteiger partial charge in [0.1, 0.15) is 0 Å². The van der Waals surface area contributed by atoms with E-state index < -0.39 is 0 Å². The molecule has 0 atom stereocenters. The number of hydrogen-bond donors (Lipinski definition) is 3. The summed E-state index contributed by atoms with van der Waals surface area (Å²) in [7, 11) is 1.57. The first kappa shape index (κ1) is 20.5. The van der Waals surface area contributed by atoms with Crippen LogP contribution in [-0.4, -0.2) is 36.3 Å². The Bertz CT molecular complexity index is 824. The number of likely N-dealkylation sites (N-methyl/N-ethyl adjacent to an activating group) is 1. The third-order valence-electron chi connectivity index (χ3n) is 3.69. The Labute approximate surface area is 163 Å². The van der Waals surface area contributed by atoms with Crippen LogP contribution >= 0.6 is 11.8 Å². The van der Waals surface area contributed by atoms with Crippen molar-refractivity contribution in [3.05, 3.63) is 59.7 Å². The van der Waals surface area contributed by atoms with Gasteiger partial charge in [-0.15, -0.1) is 11.8 Å². The van der Waals surface area contributed by atoms with Crippen molar-refractivity contribution in [3.8, 4) is 0 Å². The van der Waals surface area contributed by atoms with Gasteiger partial charge in [0.2, 0.25) is 17.7 Å². The lowest BCUT2D eigenvalue weighted by atomic mass is 10.1. The number of nitrogens with one attached hydrogen (secondary N) is 3. The lowest BCUT2D eigenvalue weighted by Gasteiger charge is -2.10. The van der Waals surface area contributed by atoms with Crippen LogP contribution in [0.4, 0.5) is 11.4 Å². The summed E-state index contributed by atoms with van der Waals surface area (Å²) < 4.78 is 0. The van der Waals surface area contributed by atoms with E-state index in [1.807, 2.05) is 37.3 Å². The van der Waals surface area contributed by atoms with Crippen molar-refractivity contribution in [2.75, 3.05) is 29.2 Å². The molecule has 27 heavy (non-hydrogen) atoms. The molecule has 0 aliphatic heterocycles. The molecule has 3 amide bonds. The van der Waals surface area contributed by atoms with Crippen molar-refractivity contribution in [3.63, 3.8) is 0 Å². The summed E-state index contributed by atoms with van der Waals surface area (Å²) in [6.45, 7) is 1.96. The Morgan fingerprint density at radius 1 is 0.889 bits per heavy atom. The highest BCUT2D eigenvalue weighted by Gasteiger charge is 2.10. The first-order valence-electron chi connectivity index (χ1n) is 8.50. The van der Waals surface area contributed by atoms with Crippen LogP contribution in [-0.2, 0) is 20.8 Å². The molecule has 2 rings (SSSR count). The fourth-order valence-corrected chi connectivity index (χ4v) is 3.02. The maximum atomic E-state index is 12.1. The fourth-order valence-electron chi connectivity index (χ4n) is 2.40. The average Bonchev–Trinajstić information content (AvgIpc) is 2.63. The number of carbonyl (C=O) groups excluding carboxylic acids is 3. The van der Waals surface area contributed by atoms with Crippen molar-refractivity contribution in [1.29, 1.82) is 0 Å². The number of benzene rings is 2. The predicted molar refractivity (Wildman–Crippen MR) is 110 cm³/mol. The summed E-state index contributed by atoms with van der Waals surface area (Å²) in [6, 6.07) is 14.7.